The lowest BCUT2D eigenvalue weighted by molar-refractivity contribution is -0.136. The van der Waals surface area contributed by atoms with Crippen molar-refractivity contribution in [3.8, 4) is 0 Å². The quantitative estimate of drug-likeness (QED) is 0.608. The highest BCUT2D eigenvalue weighted by Gasteiger charge is 2.25. The van der Waals surface area contributed by atoms with E-state index in [2.05, 4.69) is 10.6 Å². The normalized spacial score (nSPS) is 18.8. The van der Waals surface area contributed by atoms with E-state index in [4.69, 9.17) is 0 Å². The number of nitrogens with zero attached hydrogens (tertiary/aromatic N) is 2. The van der Waals surface area contributed by atoms with E-state index >= 15 is 0 Å². The Bertz CT molecular complexity index is 442. The van der Waals surface area contributed by atoms with Gasteiger partial charge >= 0.3 is 0 Å². The van der Waals surface area contributed by atoms with Gasteiger partial charge in [0.15, 0.2) is 0 Å². The van der Waals surface area contributed by atoms with Crippen LogP contribution in [0.2, 0.25) is 0 Å². The highest BCUT2D eigenvalue weighted by molar-refractivity contribution is 8.00. The van der Waals surface area contributed by atoms with Crippen molar-refractivity contribution in [1.29, 1.82) is 0 Å². The molecule has 2 N–H and O–H groups in total. The zero-order valence-corrected chi connectivity index (χ0v) is 14.5. The zero-order chi connectivity index (χ0) is 16.7. The minimum absolute atomic E-state index is 0.000937. The van der Waals surface area contributed by atoms with Crippen molar-refractivity contribution in [3.05, 3.63) is 0 Å². The van der Waals surface area contributed by atoms with Crippen LogP contribution in [0.4, 0.5) is 0 Å². The fraction of sp³-hybridized carbons (Fsp3) is 0.800. The Morgan fingerprint density at radius 2 is 1.91 bits per heavy atom. The molecule has 130 valence electrons. The third kappa shape index (κ3) is 6.02. The number of hydrogen-bond donors (Lipinski definition) is 2. The Hall–Kier alpha value is -1.28. The maximum absolute atomic E-state index is 11.7. The molecule has 7 nitrogen and oxygen atoms in total. The van der Waals surface area contributed by atoms with E-state index in [1.165, 1.54) is 31.0 Å². The number of nitrogens with one attached hydrogen (secondary N) is 2. The number of rotatable bonds is 9. The van der Waals surface area contributed by atoms with Crippen LogP contribution in [0.15, 0.2) is 0 Å². The maximum atomic E-state index is 11.7. The van der Waals surface area contributed by atoms with E-state index in [1.54, 1.807) is 5.01 Å². The summed E-state index contributed by atoms with van der Waals surface area (Å²) < 4.78 is 0. The number of hydrazine groups is 1. The van der Waals surface area contributed by atoms with Crippen molar-refractivity contribution in [2.24, 2.45) is 5.92 Å². The average molecular weight is 342 g/mol. The van der Waals surface area contributed by atoms with Gasteiger partial charge in [0, 0.05) is 33.1 Å². The molecule has 1 aliphatic carbocycles. The Balaban J connectivity index is 1.48. The molecule has 2 rings (SSSR count). The van der Waals surface area contributed by atoms with Crippen LogP contribution in [0.1, 0.15) is 25.7 Å². The molecule has 0 spiro atoms. The van der Waals surface area contributed by atoms with Crippen LogP contribution < -0.4 is 10.6 Å². The van der Waals surface area contributed by atoms with Crippen LogP contribution in [-0.2, 0) is 14.4 Å². The molecule has 0 atom stereocenters. The molecule has 1 heterocycles. The average Bonchev–Trinajstić information content (AvgIpc) is 2.77. The predicted molar refractivity (Wildman–Crippen MR) is 89.6 cm³/mol. The summed E-state index contributed by atoms with van der Waals surface area (Å²) in [5.41, 5.74) is 0. The fourth-order valence-corrected chi connectivity index (χ4v) is 3.26. The van der Waals surface area contributed by atoms with Gasteiger partial charge in [-0.05, 0) is 18.8 Å². The van der Waals surface area contributed by atoms with E-state index in [0.717, 1.165) is 13.1 Å². The molecule has 1 saturated carbocycles. The van der Waals surface area contributed by atoms with Gasteiger partial charge in [0.2, 0.25) is 17.7 Å². The summed E-state index contributed by atoms with van der Waals surface area (Å²) in [6.45, 7) is 2.43. The molecule has 0 aromatic heterocycles. The van der Waals surface area contributed by atoms with Crippen LogP contribution in [0, 0.1) is 5.92 Å². The van der Waals surface area contributed by atoms with Crippen molar-refractivity contribution >= 4 is 29.5 Å². The molecule has 2 aliphatic rings. The van der Waals surface area contributed by atoms with Crippen molar-refractivity contribution in [3.63, 3.8) is 0 Å². The third-order valence-electron chi connectivity index (χ3n) is 4.27. The molecule has 0 aromatic carbocycles. The summed E-state index contributed by atoms with van der Waals surface area (Å²) in [5, 5.41) is 9.21. The summed E-state index contributed by atoms with van der Waals surface area (Å²) in [6.07, 6.45) is 4.24. The van der Waals surface area contributed by atoms with Gasteiger partial charge in [-0.1, -0.05) is 6.42 Å². The van der Waals surface area contributed by atoms with Crippen LogP contribution >= 0.6 is 11.8 Å². The summed E-state index contributed by atoms with van der Waals surface area (Å²) >= 11 is 1.32. The van der Waals surface area contributed by atoms with Crippen LogP contribution in [0.5, 0.6) is 0 Å². The van der Waals surface area contributed by atoms with Gasteiger partial charge in [-0.2, -0.15) is 0 Å². The third-order valence-corrected chi connectivity index (χ3v) is 5.21. The number of amides is 3. The SMILES string of the molecule is CN1CCC(=O)N1CCNC(=O)CSCC(=O)NCC1CCC1. The molecule has 8 heteroatoms. The maximum Gasteiger partial charge on any atom is 0.238 e. The van der Waals surface area contributed by atoms with Crippen molar-refractivity contribution < 1.29 is 14.4 Å². The number of hydrogen-bond acceptors (Lipinski definition) is 5. The van der Waals surface area contributed by atoms with E-state index in [1.807, 2.05) is 12.1 Å². The lowest BCUT2D eigenvalue weighted by atomic mass is 9.85. The molecule has 0 bridgehead atoms. The number of thioether (sulfide) groups is 1. The highest BCUT2D eigenvalue weighted by atomic mass is 32.2. The minimum Gasteiger partial charge on any atom is -0.355 e. The van der Waals surface area contributed by atoms with Gasteiger partial charge in [0.1, 0.15) is 0 Å². The molecule has 23 heavy (non-hydrogen) atoms. The molecule has 3 amide bonds. The molecule has 1 aliphatic heterocycles. The molecule has 0 aromatic rings. The first-order chi connectivity index (χ1) is 11.1. The molecule has 0 radical (unpaired) electrons. The lowest BCUT2D eigenvalue weighted by Crippen LogP contribution is -2.42. The molecule has 1 saturated heterocycles. The molecular weight excluding hydrogens is 316 g/mol. The summed E-state index contributed by atoms with van der Waals surface area (Å²) in [7, 11) is 1.87. The Morgan fingerprint density at radius 1 is 1.22 bits per heavy atom. The highest BCUT2D eigenvalue weighted by Crippen LogP contribution is 2.25. The minimum atomic E-state index is -0.101. The zero-order valence-electron chi connectivity index (χ0n) is 13.7. The van der Waals surface area contributed by atoms with Gasteiger partial charge < -0.3 is 10.6 Å². The second kappa shape index (κ2) is 9.12. The lowest BCUT2D eigenvalue weighted by Gasteiger charge is -2.25. The van der Waals surface area contributed by atoms with Gasteiger partial charge in [-0.15, -0.1) is 11.8 Å². The second-order valence-corrected chi connectivity index (χ2v) is 7.08. The molecule has 0 unspecified atom stereocenters. The first kappa shape index (κ1) is 18.1. The Labute approximate surface area is 141 Å². The van der Waals surface area contributed by atoms with E-state index < -0.39 is 0 Å². The second-order valence-electron chi connectivity index (χ2n) is 6.09. The van der Waals surface area contributed by atoms with Crippen molar-refractivity contribution in [2.75, 3.05) is 44.7 Å². The van der Waals surface area contributed by atoms with Crippen molar-refractivity contribution in [1.82, 2.24) is 20.7 Å². The predicted octanol–water partition coefficient (Wildman–Crippen LogP) is -0.169. The van der Waals surface area contributed by atoms with E-state index in [9.17, 15) is 14.4 Å². The first-order valence-corrected chi connectivity index (χ1v) is 9.34. The van der Waals surface area contributed by atoms with Crippen LogP contribution in [0.25, 0.3) is 0 Å². The fourth-order valence-electron chi connectivity index (χ4n) is 2.59. The van der Waals surface area contributed by atoms with Crippen LogP contribution in [-0.4, -0.2) is 72.5 Å². The monoisotopic (exact) mass is 342 g/mol. The summed E-state index contributed by atoms with van der Waals surface area (Å²) in [5.74, 6) is 1.22. The summed E-state index contributed by atoms with van der Waals surface area (Å²) in [4.78, 5) is 34.9. The van der Waals surface area contributed by atoms with E-state index in [-0.39, 0.29) is 23.5 Å². The topological polar surface area (TPSA) is 81.8 Å². The molecule has 2 fully saturated rings. The van der Waals surface area contributed by atoms with Gasteiger partial charge in [0.25, 0.3) is 0 Å². The standard InChI is InChI=1S/C15H26N4O3S/c1-18-7-5-15(22)19(18)8-6-16-13(20)10-23-11-14(21)17-9-12-3-2-4-12/h12H,2-11H2,1H3,(H,16,20)(H,17,21). The smallest absolute Gasteiger partial charge is 0.238 e. The number of carbonyl (C=O) groups excluding carboxylic acids is 3. The van der Waals surface area contributed by atoms with Gasteiger partial charge in [0.05, 0.1) is 18.1 Å². The Kier molecular flexibility index (Phi) is 7.16. The summed E-state index contributed by atoms with van der Waals surface area (Å²) in [6, 6.07) is 0. The van der Waals surface area contributed by atoms with Crippen molar-refractivity contribution in [2.45, 2.75) is 25.7 Å². The first-order valence-electron chi connectivity index (χ1n) is 8.19. The Morgan fingerprint density at radius 3 is 2.48 bits per heavy atom. The largest absolute Gasteiger partial charge is 0.355 e. The molecular formula is C15H26N4O3S. The van der Waals surface area contributed by atoms with Crippen LogP contribution in [0.3, 0.4) is 0 Å². The number of carbonyl (C=O) groups is 3. The van der Waals surface area contributed by atoms with Gasteiger partial charge in [-0.25, -0.2) is 5.01 Å². The van der Waals surface area contributed by atoms with Gasteiger partial charge in [-0.3, -0.25) is 19.4 Å². The van der Waals surface area contributed by atoms with E-state index in [0.29, 0.717) is 31.2 Å².